The van der Waals surface area contributed by atoms with Crippen LogP contribution in [-0.4, -0.2) is 44.4 Å². The second-order valence-electron chi connectivity index (χ2n) is 8.51. The van der Waals surface area contributed by atoms with Crippen molar-refractivity contribution in [2.24, 2.45) is 12.2 Å². The van der Waals surface area contributed by atoms with Gasteiger partial charge in [-0.1, -0.05) is 36.8 Å². The molecule has 35 heavy (non-hydrogen) atoms. The summed E-state index contributed by atoms with van der Waals surface area (Å²) >= 11 is 0. The topological polar surface area (TPSA) is 112 Å². The van der Waals surface area contributed by atoms with E-state index in [-0.39, 0.29) is 10.6 Å². The van der Waals surface area contributed by atoms with Crippen LogP contribution in [0.1, 0.15) is 35.3 Å². The number of halogens is 1. The largest absolute Gasteiger partial charge is 0.292 e. The van der Waals surface area contributed by atoms with Crippen molar-refractivity contribution in [3.63, 3.8) is 0 Å². The van der Waals surface area contributed by atoms with Crippen LogP contribution in [0.3, 0.4) is 0 Å². The fourth-order valence-electron chi connectivity index (χ4n) is 3.90. The molecular weight excluding hydrogens is 469 g/mol. The molecule has 0 atom stereocenters. The molecule has 2 heterocycles. The van der Waals surface area contributed by atoms with Gasteiger partial charge in [0, 0.05) is 31.8 Å². The summed E-state index contributed by atoms with van der Waals surface area (Å²) in [6.07, 6.45) is 4.21. The number of aryl methyl sites for hydroxylation is 2. The molecule has 2 N–H and O–H groups in total. The van der Waals surface area contributed by atoms with Crippen LogP contribution < -0.4 is 5.14 Å². The molecule has 0 amide bonds. The van der Waals surface area contributed by atoms with Crippen LogP contribution in [0.5, 0.6) is 0 Å². The lowest BCUT2D eigenvalue weighted by molar-refractivity contribution is 0.264. The number of hydrogen-bond donors (Lipinski definition) is 1. The van der Waals surface area contributed by atoms with E-state index in [1.165, 1.54) is 16.8 Å². The molecule has 0 aliphatic heterocycles. The van der Waals surface area contributed by atoms with Crippen LogP contribution in [0.2, 0.25) is 0 Å². The zero-order chi connectivity index (χ0) is 25.2. The Morgan fingerprint density at radius 3 is 2.54 bits per heavy atom. The zero-order valence-corrected chi connectivity index (χ0v) is 20.7. The van der Waals surface area contributed by atoms with Crippen molar-refractivity contribution in [3.05, 3.63) is 89.0 Å². The Bertz CT molecular complexity index is 1450. The van der Waals surface area contributed by atoms with Gasteiger partial charge in [0.15, 0.2) is 5.82 Å². The van der Waals surface area contributed by atoms with E-state index in [1.807, 2.05) is 57.6 Å². The van der Waals surface area contributed by atoms with E-state index in [2.05, 4.69) is 15.1 Å². The van der Waals surface area contributed by atoms with E-state index in [9.17, 15) is 8.42 Å². The predicted octanol–water partition coefficient (Wildman–Crippen LogP) is 2.71. The van der Waals surface area contributed by atoms with Gasteiger partial charge in [-0.05, 0) is 37.2 Å². The molecule has 0 aliphatic carbocycles. The maximum atomic E-state index is 15.0. The summed E-state index contributed by atoms with van der Waals surface area (Å²) in [5.41, 5.74) is 3.29. The minimum absolute atomic E-state index is 0.106. The van der Waals surface area contributed by atoms with Crippen molar-refractivity contribution >= 4 is 10.0 Å². The molecule has 184 valence electrons. The smallest absolute Gasteiger partial charge is 0.238 e. The third-order valence-corrected chi connectivity index (χ3v) is 6.53. The van der Waals surface area contributed by atoms with E-state index in [1.54, 1.807) is 4.68 Å². The Labute approximate surface area is 204 Å². The highest BCUT2D eigenvalue weighted by Crippen LogP contribution is 2.21. The summed E-state index contributed by atoms with van der Waals surface area (Å²) in [6.45, 7) is 5.93. The lowest BCUT2D eigenvalue weighted by atomic mass is 10.1. The molecule has 11 heteroatoms. The first-order valence-corrected chi connectivity index (χ1v) is 12.7. The highest BCUT2D eigenvalue weighted by Gasteiger charge is 2.19. The van der Waals surface area contributed by atoms with Crippen LogP contribution >= 0.6 is 0 Å². The molecule has 4 rings (SSSR count). The third-order valence-electron chi connectivity index (χ3n) is 5.62. The first kappa shape index (κ1) is 24.7. The molecule has 0 unspecified atom stereocenters. The third kappa shape index (κ3) is 5.99. The van der Waals surface area contributed by atoms with Gasteiger partial charge in [0.25, 0.3) is 0 Å². The van der Waals surface area contributed by atoms with Crippen molar-refractivity contribution < 1.29 is 12.8 Å². The number of benzene rings is 2. The van der Waals surface area contributed by atoms with Gasteiger partial charge in [-0.2, -0.15) is 5.10 Å². The first-order valence-electron chi connectivity index (χ1n) is 11.2. The molecule has 0 bridgehead atoms. The van der Waals surface area contributed by atoms with Gasteiger partial charge in [0.05, 0.1) is 17.6 Å². The van der Waals surface area contributed by atoms with Crippen molar-refractivity contribution in [3.8, 4) is 5.69 Å². The summed E-state index contributed by atoms with van der Waals surface area (Å²) in [5.74, 6) is 0.333. The number of hydrogen-bond acceptors (Lipinski definition) is 6. The maximum Gasteiger partial charge on any atom is 0.238 e. The van der Waals surface area contributed by atoms with E-state index in [4.69, 9.17) is 10.1 Å². The minimum atomic E-state index is -4.03. The van der Waals surface area contributed by atoms with Crippen molar-refractivity contribution in [1.82, 2.24) is 29.4 Å². The molecule has 2 aromatic heterocycles. The van der Waals surface area contributed by atoms with E-state index < -0.39 is 15.8 Å². The van der Waals surface area contributed by atoms with Crippen molar-refractivity contribution in [1.29, 1.82) is 0 Å². The summed E-state index contributed by atoms with van der Waals surface area (Å²) in [4.78, 5) is 6.60. The fraction of sp³-hybridized carbons (Fsp3) is 0.292. The predicted molar refractivity (Wildman–Crippen MR) is 130 cm³/mol. The highest BCUT2D eigenvalue weighted by molar-refractivity contribution is 7.89. The Balaban J connectivity index is 1.70. The number of rotatable bonds is 9. The molecule has 0 spiro atoms. The van der Waals surface area contributed by atoms with Gasteiger partial charge >= 0.3 is 0 Å². The lowest BCUT2D eigenvalue weighted by Gasteiger charge is -2.17. The standard InChI is InChI=1S/C24H28FN7O2S/c1-4-31(15-19-13-27-30(3)14-19)16-23-28-24(11-18-7-5-6-17(2)10-18)32(29-23)22-9-8-20(12-21(22)25)35(26,33)34/h5-10,12-14H,4,11,15-16H2,1-3H3,(H2,26,33,34). The normalized spacial score (nSPS) is 11.9. The highest BCUT2D eigenvalue weighted by atomic mass is 32.2. The SMILES string of the molecule is CCN(Cc1cnn(C)c1)Cc1nc(Cc2cccc(C)c2)n(-c2ccc(S(N)(=O)=O)cc2F)n1. The van der Waals surface area contributed by atoms with Crippen LogP contribution in [0.4, 0.5) is 4.39 Å². The van der Waals surface area contributed by atoms with Gasteiger partial charge in [-0.3, -0.25) is 9.58 Å². The Morgan fingerprint density at radius 2 is 1.91 bits per heavy atom. The van der Waals surface area contributed by atoms with Gasteiger partial charge in [-0.15, -0.1) is 5.10 Å². The molecule has 9 nitrogen and oxygen atoms in total. The quantitative estimate of drug-likeness (QED) is 0.381. The first-order chi connectivity index (χ1) is 16.6. The summed E-state index contributed by atoms with van der Waals surface area (Å²) < 4.78 is 41.5. The Morgan fingerprint density at radius 1 is 1.11 bits per heavy atom. The molecule has 0 saturated carbocycles. The molecule has 0 aliphatic rings. The monoisotopic (exact) mass is 497 g/mol. The number of primary sulfonamides is 1. The second kappa shape index (κ2) is 10.1. The lowest BCUT2D eigenvalue weighted by Crippen LogP contribution is -2.23. The molecule has 0 saturated heterocycles. The Hall–Kier alpha value is -3.41. The number of aromatic nitrogens is 5. The summed E-state index contributed by atoms with van der Waals surface area (Å²) in [7, 11) is -2.16. The number of nitrogens with zero attached hydrogens (tertiary/aromatic N) is 6. The van der Waals surface area contributed by atoms with E-state index >= 15 is 4.39 Å². The van der Waals surface area contributed by atoms with E-state index in [0.717, 1.165) is 29.3 Å². The molecule has 0 fully saturated rings. The molecule has 4 aromatic rings. The fourth-order valence-corrected chi connectivity index (χ4v) is 4.42. The van der Waals surface area contributed by atoms with Crippen LogP contribution in [0.15, 0.2) is 59.8 Å². The average molecular weight is 498 g/mol. The minimum Gasteiger partial charge on any atom is -0.292 e. The molecule has 0 radical (unpaired) electrons. The van der Waals surface area contributed by atoms with E-state index in [0.29, 0.717) is 31.2 Å². The maximum absolute atomic E-state index is 15.0. The van der Waals surface area contributed by atoms with Crippen molar-refractivity contribution in [2.45, 2.75) is 38.3 Å². The van der Waals surface area contributed by atoms with Crippen LogP contribution in [-0.2, 0) is 36.6 Å². The zero-order valence-electron chi connectivity index (χ0n) is 19.9. The second-order valence-corrected chi connectivity index (χ2v) is 10.1. The van der Waals surface area contributed by atoms with Crippen molar-refractivity contribution in [2.75, 3.05) is 6.54 Å². The van der Waals surface area contributed by atoms with Gasteiger partial charge < -0.3 is 0 Å². The van der Waals surface area contributed by atoms with Crippen LogP contribution in [0.25, 0.3) is 5.69 Å². The van der Waals surface area contributed by atoms with Gasteiger partial charge in [0.1, 0.15) is 17.3 Å². The molecular formula is C24H28FN7O2S. The number of nitrogens with two attached hydrogens (primary N) is 1. The summed E-state index contributed by atoms with van der Waals surface area (Å²) in [6, 6.07) is 11.5. The van der Waals surface area contributed by atoms with Gasteiger partial charge in [-0.25, -0.2) is 27.6 Å². The average Bonchev–Trinajstić information content (AvgIpc) is 3.38. The van der Waals surface area contributed by atoms with Crippen LogP contribution in [0, 0.1) is 12.7 Å². The Kier molecular flexibility index (Phi) is 7.10. The number of sulfonamides is 1. The summed E-state index contributed by atoms with van der Waals surface area (Å²) in [5, 5.41) is 14.0. The molecule has 2 aromatic carbocycles. The van der Waals surface area contributed by atoms with Gasteiger partial charge in [0.2, 0.25) is 10.0 Å².